The molecule has 4 heteroatoms. The Morgan fingerprint density at radius 2 is 2.20 bits per heavy atom. The van der Waals surface area contributed by atoms with Gasteiger partial charge in [-0.1, -0.05) is 22.0 Å². The molecule has 1 aliphatic carbocycles. The van der Waals surface area contributed by atoms with E-state index in [1.807, 2.05) is 18.2 Å². The van der Waals surface area contributed by atoms with Gasteiger partial charge < -0.3 is 5.11 Å². The summed E-state index contributed by atoms with van der Waals surface area (Å²) in [6.07, 6.45) is 2.09. The van der Waals surface area contributed by atoms with Crippen LogP contribution < -0.4 is 0 Å². The zero-order chi connectivity index (χ0) is 11.0. The van der Waals surface area contributed by atoms with Gasteiger partial charge in [0, 0.05) is 8.04 Å². The maximum Gasteiger partial charge on any atom is 0.311 e. The lowest BCUT2D eigenvalue weighted by molar-refractivity contribution is -0.139. The molecule has 0 aliphatic heterocycles. The fourth-order valence-electron chi connectivity index (χ4n) is 1.77. The van der Waals surface area contributed by atoms with Gasteiger partial charge in [-0.2, -0.15) is 0 Å². The quantitative estimate of drug-likeness (QED) is 0.813. The Bertz CT molecular complexity index is 402. The molecular formula is C11H10BrIO2. The average molecular weight is 381 g/mol. The number of rotatable bonds is 3. The molecule has 1 N–H and O–H groups in total. The fourth-order valence-corrected chi connectivity index (χ4v) is 3.41. The zero-order valence-electron chi connectivity index (χ0n) is 7.91. The zero-order valence-corrected chi connectivity index (χ0v) is 11.7. The predicted octanol–water partition coefficient (Wildman–Crippen LogP) is 3.63. The highest BCUT2D eigenvalue weighted by molar-refractivity contribution is 14.1. The van der Waals surface area contributed by atoms with Crippen LogP contribution in [0.1, 0.15) is 24.3 Å². The number of carboxylic acids is 1. The highest BCUT2D eigenvalue weighted by atomic mass is 127. The van der Waals surface area contributed by atoms with E-state index in [-0.39, 0.29) is 5.92 Å². The Balaban J connectivity index is 2.37. The third kappa shape index (κ3) is 2.53. The molecule has 1 aliphatic rings. The summed E-state index contributed by atoms with van der Waals surface area (Å²) in [5, 5.41) is 9.22. The molecule has 0 heterocycles. The Morgan fingerprint density at radius 3 is 2.67 bits per heavy atom. The first-order chi connectivity index (χ1) is 7.09. The number of carbonyl (C=O) groups is 1. The maximum absolute atomic E-state index is 11.2. The van der Waals surface area contributed by atoms with Crippen molar-refractivity contribution in [1.82, 2.24) is 0 Å². The molecule has 1 saturated carbocycles. The van der Waals surface area contributed by atoms with E-state index >= 15 is 0 Å². The molecule has 80 valence electrons. The summed E-state index contributed by atoms with van der Waals surface area (Å²) in [5.41, 5.74) is 0.953. The SMILES string of the molecule is O=C(O)C(c1ccc(Br)cc1I)C1CC1. The summed E-state index contributed by atoms with van der Waals surface area (Å²) in [6, 6.07) is 5.80. The molecule has 0 aromatic heterocycles. The van der Waals surface area contributed by atoms with Crippen molar-refractivity contribution in [1.29, 1.82) is 0 Å². The average Bonchev–Trinajstić information content (AvgIpc) is 2.92. The smallest absolute Gasteiger partial charge is 0.311 e. The highest BCUT2D eigenvalue weighted by Crippen LogP contribution is 2.44. The van der Waals surface area contributed by atoms with Crippen molar-refractivity contribution in [2.24, 2.45) is 5.92 Å². The van der Waals surface area contributed by atoms with Crippen LogP contribution in [0.4, 0.5) is 0 Å². The van der Waals surface area contributed by atoms with Crippen molar-refractivity contribution >= 4 is 44.5 Å². The first-order valence-electron chi connectivity index (χ1n) is 4.77. The standard InChI is InChI=1S/C11H10BrIO2/c12-7-3-4-8(9(13)5-7)10(11(14)15)6-1-2-6/h3-6,10H,1-2H2,(H,14,15). The van der Waals surface area contributed by atoms with E-state index in [0.717, 1.165) is 26.4 Å². The first kappa shape index (κ1) is 11.4. The van der Waals surface area contributed by atoms with Gasteiger partial charge >= 0.3 is 5.97 Å². The van der Waals surface area contributed by atoms with Crippen molar-refractivity contribution in [2.75, 3.05) is 0 Å². The number of hydrogen-bond acceptors (Lipinski definition) is 1. The number of carboxylic acid groups (broad SMARTS) is 1. The lowest BCUT2D eigenvalue weighted by Crippen LogP contribution is -2.14. The minimum Gasteiger partial charge on any atom is -0.481 e. The van der Waals surface area contributed by atoms with Gasteiger partial charge in [0.15, 0.2) is 0 Å². The van der Waals surface area contributed by atoms with Crippen molar-refractivity contribution in [3.63, 3.8) is 0 Å². The van der Waals surface area contributed by atoms with Crippen LogP contribution in [-0.2, 0) is 4.79 Å². The summed E-state index contributed by atoms with van der Waals surface area (Å²) >= 11 is 5.59. The van der Waals surface area contributed by atoms with E-state index in [0.29, 0.717) is 5.92 Å². The Kier molecular flexibility index (Phi) is 3.35. The van der Waals surface area contributed by atoms with Crippen molar-refractivity contribution in [2.45, 2.75) is 18.8 Å². The lowest BCUT2D eigenvalue weighted by Gasteiger charge is -2.13. The van der Waals surface area contributed by atoms with Crippen LogP contribution in [0.3, 0.4) is 0 Å². The molecule has 0 radical (unpaired) electrons. The summed E-state index contributed by atoms with van der Waals surface area (Å²) in [4.78, 5) is 11.2. The molecule has 1 aromatic carbocycles. The number of hydrogen-bond donors (Lipinski definition) is 1. The molecule has 1 unspecified atom stereocenters. The van der Waals surface area contributed by atoms with E-state index < -0.39 is 5.97 Å². The van der Waals surface area contributed by atoms with E-state index in [2.05, 4.69) is 38.5 Å². The van der Waals surface area contributed by atoms with Crippen LogP contribution in [0.25, 0.3) is 0 Å². The highest BCUT2D eigenvalue weighted by Gasteiger charge is 2.38. The number of halogens is 2. The largest absolute Gasteiger partial charge is 0.481 e. The monoisotopic (exact) mass is 380 g/mol. The summed E-state index contributed by atoms with van der Waals surface area (Å²) < 4.78 is 2.02. The normalized spacial score (nSPS) is 17.5. The summed E-state index contributed by atoms with van der Waals surface area (Å²) in [5.74, 6) is -0.667. The number of aliphatic carboxylic acids is 1. The molecule has 15 heavy (non-hydrogen) atoms. The third-order valence-electron chi connectivity index (χ3n) is 2.66. The van der Waals surface area contributed by atoms with Gasteiger partial charge in [0.1, 0.15) is 0 Å². The Morgan fingerprint density at radius 1 is 1.53 bits per heavy atom. The van der Waals surface area contributed by atoms with Crippen LogP contribution >= 0.6 is 38.5 Å². The molecule has 0 spiro atoms. The lowest BCUT2D eigenvalue weighted by atomic mass is 9.94. The van der Waals surface area contributed by atoms with Crippen molar-refractivity contribution < 1.29 is 9.90 Å². The maximum atomic E-state index is 11.2. The Labute approximate surface area is 110 Å². The number of benzene rings is 1. The minimum atomic E-state index is -0.697. The van der Waals surface area contributed by atoms with Crippen molar-refractivity contribution in [3.05, 3.63) is 31.8 Å². The van der Waals surface area contributed by atoms with E-state index in [1.165, 1.54) is 0 Å². The summed E-state index contributed by atoms with van der Waals surface area (Å²) in [7, 11) is 0. The van der Waals surface area contributed by atoms with Crippen LogP contribution in [0.15, 0.2) is 22.7 Å². The van der Waals surface area contributed by atoms with Crippen LogP contribution in [0, 0.1) is 9.49 Å². The summed E-state index contributed by atoms with van der Waals surface area (Å²) in [6.45, 7) is 0. The molecule has 2 rings (SSSR count). The molecule has 1 atom stereocenters. The van der Waals surface area contributed by atoms with Crippen LogP contribution in [0.2, 0.25) is 0 Å². The second-order valence-electron chi connectivity index (χ2n) is 3.82. The van der Waals surface area contributed by atoms with Gasteiger partial charge in [0.2, 0.25) is 0 Å². The molecule has 1 aromatic rings. The molecule has 0 amide bonds. The van der Waals surface area contributed by atoms with E-state index in [4.69, 9.17) is 0 Å². The van der Waals surface area contributed by atoms with Crippen molar-refractivity contribution in [3.8, 4) is 0 Å². The molecular weight excluding hydrogens is 371 g/mol. The van der Waals surface area contributed by atoms with E-state index in [1.54, 1.807) is 0 Å². The minimum absolute atomic E-state index is 0.315. The van der Waals surface area contributed by atoms with Gasteiger partial charge in [0.05, 0.1) is 5.92 Å². The second-order valence-corrected chi connectivity index (χ2v) is 5.90. The topological polar surface area (TPSA) is 37.3 Å². The molecule has 0 saturated heterocycles. The predicted molar refractivity (Wildman–Crippen MR) is 70.0 cm³/mol. The van der Waals surface area contributed by atoms with Gasteiger partial charge in [-0.15, -0.1) is 0 Å². The molecule has 2 nitrogen and oxygen atoms in total. The van der Waals surface area contributed by atoms with Gasteiger partial charge in [0.25, 0.3) is 0 Å². The first-order valence-corrected chi connectivity index (χ1v) is 6.64. The second kappa shape index (κ2) is 4.41. The van der Waals surface area contributed by atoms with Gasteiger partial charge in [-0.05, 0) is 59.0 Å². The van der Waals surface area contributed by atoms with Gasteiger partial charge in [-0.3, -0.25) is 4.79 Å². The van der Waals surface area contributed by atoms with Gasteiger partial charge in [-0.25, -0.2) is 0 Å². The molecule has 1 fully saturated rings. The van der Waals surface area contributed by atoms with Crippen LogP contribution in [-0.4, -0.2) is 11.1 Å². The third-order valence-corrected chi connectivity index (χ3v) is 4.08. The van der Waals surface area contributed by atoms with Crippen LogP contribution in [0.5, 0.6) is 0 Å². The Hall–Kier alpha value is -0.100. The molecule has 0 bridgehead atoms. The fraction of sp³-hybridized carbons (Fsp3) is 0.364. The van der Waals surface area contributed by atoms with E-state index in [9.17, 15) is 9.90 Å².